The second-order valence-corrected chi connectivity index (χ2v) is 14.3. The first kappa shape index (κ1) is 42.3. The molecule has 0 bridgehead atoms. The van der Waals surface area contributed by atoms with E-state index in [1.165, 1.54) is 23.3 Å². The summed E-state index contributed by atoms with van der Waals surface area (Å²) >= 11 is 5.82. The van der Waals surface area contributed by atoms with Crippen LogP contribution >= 0.6 is 11.6 Å². The molecule has 0 saturated heterocycles. The van der Waals surface area contributed by atoms with E-state index in [4.69, 9.17) is 21.1 Å². The molecule has 2 fully saturated rings. The van der Waals surface area contributed by atoms with Crippen LogP contribution in [0.5, 0.6) is 17.2 Å². The lowest BCUT2D eigenvalue weighted by atomic mass is 9.86. The highest BCUT2D eigenvalue weighted by molar-refractivity contribution is 6.30. The molecule has 0 aliphatic heterocycles. The molecule has 2 aliphatic carbocycles. The van der Waals surface area contributed by atoms with Crippen LogP contribution in [0, 0.1) is 11.6 Å². The van der Waals surface area contributed by atoms with Gasteiger partial charge in [-0.2, -0.15) is 8.78 Å². The first-order valence-electron chi connectivity index (χ1n) is 18.5. The topological polar surface area (TPSA) is 110 Å². The number of carbonyl (C=O) groups excluding carboxylic acids is 2. The third kappa shape index (κ3) is 13.7. The van der Waals surface area contributed by atoms with Gasteiger partial charge in [0.25, 0.3) is 5.91 Å². The Morgan fingerprint density at radius 2 is 1.18 bits per heavy atom. The molecule has 2 amide bonds. The summed E-state index contributed by atoms with van der Waals surface area (Å²) < 4.78 is 65.9. The van der Waals surface area contributed by atoms with Crippen molar-refractivity contribution in [3.05, 3.63) is 124 Å². The predicted molar refractivity (Wildman–Crippen MR) is 207 cm³/mol. The molecule has 56 heavy (non-hydrogen) atoms. The molecule has 4 aromatic rings. The second-order valence-electron chi connectivity index (χ2n) is 13.9. The minimum atomic E-state index is -3.08. The zero-order chi connectivity index (χ0) is 40.0. The van der Waals surface area contributed by atoms with Gasteiger partial charge < -0.3 is 35.5 Å². The van der Waals surface area contributed by atoms with Crippen LogP contribution in [-0.2, 0) is 24.1 Å². The van der Waals surface area contributed by atoms with Gasteiger partial charge in [0.05, 0.1) is 20.6 Å². The van der Waals surface area contributed by atoms with E-state index in [9.17, 15) is 27.2 Å². The van der Waals surface area contributed by atoms with Crippen molar-refractivity contribution in [1.82, 2.24) is 21.3 Å². The maximum absolute atomic E-state index is 13.5. The van der Waals surface area contributed by atoms with Gasteiger partial charge in [-0.05, 0) is 123 Å². The van der Waals surface area contributed by atoms with Gasteiger partial charge in [-0.3, -0.25) is 9.59 Å². The number of ether oxygens (including phenoxy) is 3. The van der Waals surface area contributed by atoms with Crippen LogP contribution < -0.4 is 35.5 Å². The molecule has 4 N–H and O–H groups in total. The van der Waals surface area contributed by atoms with Crippen molar-refractivity contribution in [3.63, 3.8) is 0 Å². The Bertz CT molecular complexity index is 1850. The van der Waals surface area contributed by atoms with Crippen molar-refractivity contribution >= 4 is 23.4 Å². The number of halogens is 5. The van der Waals surface area contributed by atoms with Crippen LogP contribution in [0.15, 0.2) is 84.9 Å². The van der Waals surface area contributed by atoms with E-state index in [-0.39, 0.29) is 35.7 Å². The summed E-state index contributed by atoms with van der Waals surface area (Å²) in [6.07, 6.45) is 5.32. The fourth-order valence-corrected chi connectivity index (χ4v) is 6.79. The average Bonchev–Trinajstić information content (AvgIpc) is 3.12. The fraction of sp³-hybridized carbons (Fsp3) is 0.381. The normalized spacial score (nSPS) is 18.4. The minimum Gasteiger partial charge on any atom is -0.497 e. The number of rotatable bonds is 17. The summed E-state index contributed by atoms with van der Waals surface area (Å²) in [6.45, 7) is -1.36. The summed E-state index contributed by atoms with van der Waals surface area (Å²) in [5.41, 5.74) is 3.01. The van der Waals surface area contributed by atoms with Gasteiger partial charge in [0.2, 0.25) is 5.91 Å². The molecule has 0 radical (unpaired) electrons. The predicted octanol–water partition coefficient (Wildman–Crippen LogP) is 7.04. The quantitative estimate of drug-likeness (QED) is 0.0850. The molecule has 0 aromatic heterocycles. The number of amides is 2. The van der Waals surface area contributed by atoms with Gasteiger partial charge in [0.1, 0.15) is 28.9 Å². The second kappa shape index (κ2) is 20.9. The summed E-state index contributed by atoms with van der Waals surface area (Å²) in [7, 11) is 3.29. The number of benzene rings is 4. The third-order valence-corrected chi connectivity index (χ3v) is 9.85. The van der Waals surface area contributed by atoms with Crippen molar-refractivity contribution in [2.45, 2.75) is 75.7 Å². The van der Waals surface area contributed by atoms with Crippen molar-refractivity contribution in [1.29, 1.82) is 0 Å². The number of hydrogen-bond acceptors (Lipinski definition) is 7. The standard InChI is InChI=1S/C21H24ClFN2O2.C21H23F3N2O3/c1-27-20-4-2-14(3-5-20)6-7-24-18-12-19(13-18)25-21(26)10-15-8-16(22)11-17(23)9-15;1-28-18-4-2-13(3-5-18)6-7-25-16-11-17(12-16)26-20(27)14-8-15(22)10-19(9-14)29-21(23)24/h2-5,8-9,11,18-19,24H,6-7,10,12-13H2,1H3,(H,25,26);2-5,8-10,16-17,21,25H,6-7,11-12H2,1H3,(H,26,27). The molecular formula is C42H47ClF4N4O5. The van der Waals surface area contributed by atoms with E-state index in [0.717, 1.165) is 81.3 Å². The zero-order valence-corrected chi connectivity index (χ0v) is 32.0. The van der Waals surface area contributed by atoms with E-state index < -0.39 is 24.2 Å². The maximum Gasteiger partial charge on any atom is 0.387 e. The molecule has 0 spiro atoms. The highest BCUT2D eigenvalue weighted by atomic mass is 35.5. The highest BCUT2D eigenvalue weighted by Crippen LogP contribution is 2.24. The summed E-state index contributed by atoms with van der Waals surface area (Å²) in [5.74, 6) is -0.522. The maximum atomic E-state index is 13.5. The van der Waals surface area contributed by atoms with E-state index in [2.05, 4.69) is 38.1 Å². The van der Waals surface area contributed by atoms with Crippen LogP contribution in [0.2, 0.25) is 5.02 Å². The molecule has 0 atom stereocenters. The lowest BCUT2D eigenvalue weighted by Crippen LogP contribution is -2.53. The molecule has 0 unspecified atom stereocenters. The third-order valence-electron chi connectivity index (χ3n) is 9.63. The molecule has 0 heterocycles. The molecule has 4 aromatic carbocycles. The molecule has 14 heteroatoms. The first-order valence-corrected chi connectivity index (χ1v) is 18.9. The Labute approximate surface area is 329 Å². The Balaban J connectivity index is 0.000000215. The smallest absolute Gasteiger partial charge is 0.387 e. The van der Waals surface area contributed by atoms with E-state index in [0.29, 0.717) is 22.7 Å². The molecule has 9 nitrogen and oxygen atoms in total. The monoisotopic (exact) mass is 798 g/mol. The SMILES string of the molecule is COc1ccc(CCNC2CC(NC(=O)Cc3cc(F)cc(Cl)c3)C2)cc1.COc1ccc(CCNC2CC(NC(=O)c3cc(F)cc(OC(F)F)c3)C2)cc1. The highest BCUT2D eigenvalue weighted by Gasteiger charge is 2.31. The van der Waals surface area contributed by atoms with Crippen LogP contribution in [-0.4, -0.2) is 69.9 Å². The Hall–Kier alpha value is -4.85. The van der Waals surface area contributed by atoms with Crippen molar-refractivity contribution in [3.8, 4) is 17.2 Å². The van der Waals surface area contributed by atoms with Gasteiger partial charge in [-0.25, -0.2) is 8.78 Å². The van der Waals surface area contributed by atoms with E-state index in [1.54, 1.807) is 20.3 Å². The van der Waals surface area contributed by atoms with Crippen LogP contribution in [0.25, 0.3) is 0 Å². The average molecular weight is 799 g/mol. The van der Waals surface area contributed by atoms with Gasteiger partial charge in [-0.15, -0.1) is 0 Å². The largest absolute Gasteiger partial charge is 0.497 e. The summed E-state index contributed by atoms with van der Waals surface area (Å²) in [5, 5.41) is 13.0. The van der Waals surface area contributed by atoms with Gasteiger partial charge in [-0.1, -0.05) is 35.9 Å². The molecular weight excluding hydrogens is 752 g/mol. The van der Waals surface area contributed by atoms with Crippen LogP contribution in [0.3, 0.4) is 0 Å². The summed E-state index contributed by atoms with van der Waals surface area (Å²) in [6, 6.07) is 24.0. The van der Waals surface area contributed by atoms with Crippen molar-refractivity contribution in [2.24, 2.45) is 0 Å². The molecule has 2 saturated carbocycles. The first-order chi connectivity index (χ1) is 26.9. The fourth-order valence-electron chi connectivity index (χ4n) is 6.54. The minimum absolute atomic E-state index is 0.0382. The van der Waals surface area contributed by atoms with E-state index in [1.807, 2.05) is 36.4 Å². The lowest BCUT2D eigenvalue weighted by Gasteiger charge is -2.36. The molecule has 2 aliphatic rings. The van der Waals surface area contributed by atoms with Crippen LogP contribution in [0.1, 0.15) is 52.7 Å². The Morgan fingerprint density at radius 1 is 0.661 bits per heavy atom. The number of methoxy groups -OCH3 is 2. The number of hydrogen-bond donors (Lipinski definition) is 4. The molecule has 6 rings (SSSR count). The van der Waals surface area contributed by atoms with Crippen molar-refractivity contribution < 1.29 is 41.4 Å². The van der Waals surface area contributed by atoms with Crippen molar-refractivity contribution in [2.75, 3.05) is 27.3 Å². The Morgan fingerprint density at radius 3 is 1.68 bits per heavy atom. The van der Waals surface area contributed by atoms with Gasteiger partial charge in [0.15, 0.2) is 0 Å². The molecule has 300 valence electrons. The van der Waals surface area contributed by atoms with Crippen LogP contribution in [0.4, 0.5) is 17.6 Å². The lowest BCUT2D eigenvalue weighted by molar-refractivity contribution is -0.121. The van der Waals surface area contributed by atoms with E-state index >= 15 is 0 Å². The number of nitrogens with one attached hydrogen (secondary N) is 4. The van der Waals surface area contributed by atoms with Gasteiger partial charge in [0, 0.05) is 40.8 Å². The number of carbonyl (C=O) groups is 2. The number of alkyl halides is 2. The summed E-state index contributed by atoms with van der Waals surface area (Å²) in [4.78, 5) is 24.3. The zero-order valence-electron chi connectivity index (χ0n) is 31.3. The Kier molecular flexibility index (Phi) is 15.8. The van der Waals surface area contributed by atoms with Gasteiger partial charge >= 0.3 is 6.61 Å².